The lowest BCUT2D eigenvalue weighted by atomic mass is 10.1. The monoisotopic (exact) mass is 288 g/mol. The molecule has 2 rings (SSSR count). The van der Waals surface area contributed by atoms with Crippen LogP contribution in [0, 0.1) is 6.92 Å². The molecule has 0 bridgehead atoms. The maximum atomic E-state index is 12.3. The summed E-state index contributed by atoms with van der Waals surface area (Å²) >= 11 is 0. The Kier molecular flexibility index (Phi) is 4.04. The van der Waals surface area contributed by atoms with Crippen molar-refractivity contribution in [2.24, 2.45) is 0 Å². The summed E-state index contributed by atoms with van der Waals surface area (Å²) in [6, 6.07) is 13.5. The van der Waals surface area contributed by atoms with Gasteiger partial charge in [-0.25, -0.2) is 8.42 Å². The zero-order valence-corrected chi connectivity index (χ0v) is 12.3. The van der Waals surface area contributed by atoms with Crippen LogP contribution in [0.3, 0.4) is 0 Å². The molecule has 0 radical (unpaired) electrons. The van der Waals surface area contributed by atoms with Crippen LogP contribution in [-0.2, 0) is 15.6 Å². The van der Waals surface area contributed by atoms with Crippen molar-refractivity contribution < 1.29 is 13.2 Å². The zero-order chi connectivity index (χ0) is 14.8. The number of Topliss-reactive ketones (excluding diaryl/α,β-unsaturated/α-hetero) is 1. The van der Waals surface area contributed by atoms with Crippen molar-refractivity contribution in [2.45, 2.75) is 24.5 Å². The van der Waals surface area contributed by atoms with E-state index in [9.17, 15) is 13.2 Å². The molecule has 0 amide bonds. The summed E-state index contributed by atoms with van der Waals surface area (Å²) in [5.41, 5.74) is 2.17. The Morgan fingerprint density at radius 3 is 2.30 bits per heavy atom. The quantitative estimate of drug-likeness (QED) is 0.812. The van der Waals surface area contributed by atoms with Crippen LogP contribution in [0.1, 0.15) is 28.4 Å². The van der Waals surface area contributed by atoms with E-state index in [0.717, 1.165) is 5.56 Å². The summed E-state index contributed by atoms with van der Waals surface area (Å²) in [6.07, 6.45) is 0. The summed E-state index contributed by atoms with van der Waals surface area (Å²) in [5.74, 6) is -0.170. The number of carbonyl (C=O) groups is 1. The van der Waals surface area contributed by atoms with Crippen LogP contribution in [-0.4, -0.2) is 14.2 Å². The van der Waals surface area contributed by atoms with Gasteiger partial charge in [-0.2, -0.15) is 0 Å². The van der Waals surface area contributed by atoms with Gasteiger partial charge >= 0.3 is 0 Å². The average molecular weight is 288 g/mol. The molecule has 0 heterocycles. The molecular weight excluding hydrogens is 272 g/mol. The molecule has 0 saturated heterocycles. The number of benzene rings is 2. The van der Waals surface area contributed by atoms with Gasteiger partial charge in [0.1, 0.15) is 0 Å². The smallest absolute Gasteiger partial charge is 0.182 e. The predicted molar refractivity (Wildman–Crippen MR) is 78.5 cm³/mol. The zero-order valence-electron chi connectivity index (χ0n) is 11.5. The van der Waals surface area contributed by atoms with E-state index in [1.165, 1.54) is 6.92 Å². The predicted octanol–water partition coefficient (Wildman–Crippen LogP) is 3.17. The highest BCUT2D eigenvalue weighted by atomic mass is 32.2. The Morgan fingerprint density at radius 1 is 1.05 bits per heavy atom. The first-order valence-electron chi connectivity index (χ1n) is 6.28. The van der Waals surface area contributed by atoms with E-state index < -0.39 is 9.84 Å². The van der Waals surface area contributed by atoms with Gasteiger partial charge < -0.3 is 0 Å². The van der Waals surface area contributed by atoms with E-state index in [1.54, 1.807) is 48.5 Å². The summed E-state index contributed by atoms with van der Waals surface area (Å²) in [7, 11) is -3.38. The van der Waals surface area contributed by atoms with E-state index in [4.69, 9.17) is 0 Å². The maximum absolute atomic E-state index is 12.3. The largest absolute Gasteiger partial charge is 0.295 e. The van der Waals surface area contributed by atoms with Gasteiger partial charge in [-0.05, 0) is 37.6 Å². The topological polar surface area (TPSA) is 51.2 Å². The first-order chi connectivity index (χ1) is 9.38. The molecule has 104 valence electrons. The molecule has 0 aliphatic rings. The van der Waals surface area contributed by atoms with Crippen molar-refractivity contribution >= 4 is 15.6 Å². The second kappa shape index (κ2) is 5.59. The Morgan fingerprint density at radius 2 is 1.70 bits per heavy atom. The SMILES string of the molecule is CC(=O)c1cccc(CS(=O)(=O)c2ccc(C)cc2)c1. The van der Waals surface area contributed by atoms with Crippen LogP contribution in [0.4, 0.5) is 0 Å². The third-order valence-corrected chi connectivity index (χ3v) is 4.77. The van der Waals surface area contributed by atoms with Crippen LogP contribution in [0.2, 0.25) is 0 Å². The summed E-state index contributed by atoms with van der Waals surface area (Å²) in [4.78, 5) is 11.6. The lowest BCUT2D eigenvalue weighted by molar-refractivity contribution is 0.101. The van der Waals surface area contributed by atoms with Crippen LogP contribution < -0.4 is 0 Å². The van der Waals surface area contributed by atoms with Gasteiger partial charge in [-0.15, -0.1) is 0 Å². The molecule has 0 aliphatic heterocycles. The van der Waals surface area contributed by atoms with Crippen molar-refractivity contribution in [1.29, 1.82) is 0 Å². The van der Waals surface area contributed by atoms with Crippen molar-refractivity contribution in [3.8, 4) is 0 Å². The minimum atomic E-state index is -3.38. The van der Waals surface area contributed by atoms with Crippen molar-refractivity contribution in [2.75, 3.05) is 0 Å². The van der Waals surface area contributed by atoms with E-state index >= 15 is 0 Å². The van der Waals surface area contributed by atoms with E-state index in [2.05, 4.69) is 0 Å². The number of hydrogen-bond donors (Lipinski definition) is 0. The highest BCUT2D eigenvalue weighted by Gasteiger charge is 2.15. The molecule has 2 aromatic carbocycles. The third-order valence-electron chi connectivity index (χ3n) is 3.07. The molecule has 0 unspecified atom stereocenters. The highest BCUT2D eigenvalue weighted by Crippen LogP contribution is 2.18. The fourth-order valence-corrected chi connectivity index (χ4v) is 3.26. The number of rotatable bonds is 4. The normalized spacial score (nSPS) is 11.3. The van der Waals surface area contributed by atoms with Gasteiger partial charge in [0.2, 0.25) is 0 Å². The molecule has 3 nitrogen and oxygen atoms in total. The average Bonchev–Trinajstić information content (AvgIpc) is 2.39. The van der Waals surface area contributed by atoms with Crippen LogP contribution in [0.25, 0.3) is 0 Å². The van der Waals surface area contributed by atoms with Crippen LogP contribution in [0.5, 0.6) is 0 Å². The van der Waals surface area contributed by atoms with E-state index in [0.29, 0.717) is 16.0 Å². The fourth-order valence-electron chi connectivity index (χ4n) is 1.93. The fraction of sp³-hybridized carbons (Fsp3) is 0.188. The van der Waals surface area contributed by atoms with E-state index in [-0.39, 0.29) is 11.5 Å². The molecule has 4 heteroatoms. The van der Waals surface area contributed by atoms with Crippen LogP contribution >= 0.6 is 0 Å². The second-order valence-corrected chi connectivity index (χ2v) is 6.82. The van der Waals surface area contributed by atoms with Gasteiger partial charge in [0, 0.05) is 5.56 Å². The van der Waals surface area contributed by atoms with Crippen LogP contribution in [0.15, 0.2) is 53.4 Å². The molecule has 0 spiro atoms. The Labute approximate surface area is 119 Å². The number of aryl methyl sites for hydroxylation is 1. The lowest BCUT2D eigenvalue weighted by Gasteiger charge is -2.06. The minimum Gasteiger partial charge on any atom is -0.295 e. The van der Waals surface area contributed by atoms with Gasteiger partial charge in [-0.1, -0.05) is 35.9 Å². The van der Waals surface area contributed by atoms with Gasteiger partial charge in [0.25, 0.3) is 0 Å². The highest BCUT2D eigenvalue weighted by molar-refractivity contribution is 7.90. The summed E-state index contributed by atoms with van der Waals surface area (Å²) in [6.45, 7) is 3.38. The summed E-state index contributed by atoms with van der Waals surface area (Å²) < 4.78 is 24.6. The van der Waals surface area contributed by atoms with Gasteiger partial charge in [0.05, 0.1) is 10.6 Å². The van der Waals surface area contributed by atoms with Crippen molar-refractivity contribution in [3.05, 3.63) is 65.2 Å². The van der Waals surface area contributed by atoms with Gasteiger partial charge in [-0.3, -0.25) is 4.79 Å². The molecule has 0 fully saturated rings. The Balaban J connectivity index is 2.31. The molecule has 0 N–H and O–H groups in total. The molecular formula is C16H16O3S. The lowest BCUT2D eigenvalue weighted by Crippen LogP contribution is -2.05. The first kappa shape index (κ1) is 14.5. The van der Waals surface area contributed by atoms with E-state index in [1.807, 2.05) is 6.92 Å². The minimum absolute atomic E-state index is 0.0698. The van der Waals surface area contributed by atoms with Crippen molar-refractivity contribution in [1.82, 2.24) is 0 Å². The summed E-state index contributed by atoms with van der Waals surface area (Å²) in [5, 5.41) is 0. The molecule has 20 heavy (non-hydrogen) atoms. The maximum Gasteiger partial charge on any atom is 0.182 e. The Bertz CT molecular complexity index is 729. The molecule has 0 aliphatic carbocycles. The second-order valence-electron chi connectivity index (χ2n) is 4.83. The number of sulfone groups is 1. The third kappa shape index (κ3) is 3.33. The standard InChI is InChI=1S/C16H16O3S/c1-12-6-8-16(9-7-12)20(18,19)11-14-4-3-5-15(10-14)13(2)17/h3-10H,11H2,1-2H3. The van der Waals surface area contributed by atoms with Gasteiger partial charge in [0.15, 0.2) is 15.6 Å². The molecule has 0 aromatic heterocycles. The molecule has 0 atom stereocenters. The van der Waals surface area contributed by atoms with Crippen molar-refractivity contribution in [3.63, 3.8) is 0 Å². The molecule has 0 saturated carbocycles. The Hall–Kier alpha value is -1.94. The number of carbonyl (C=O) groups excluding carboxylic acids is 1. The molecule has 2 aromatic rings. The number of ketones is 1. The number of hydrogen-bond acceptors (Lipinski definition) is 3. The first-order valence-corrected chi connectivity index (χ1v) is 7.93.